The molecule has 1 heterocycles. The fourth-order valence-electron chi connectivity index (χ4n) is 4.39. The van der Waals surface area contributed by atoms with Crippen molar-refractivity contribution >= 4 is 23.5 Å². The number of hydrogen-bond acceptors (Lipinski definition) is 4. The normalized spacial score (nSPS) is 10.6. The van der Waals surface area contributed by atoms with Crippen molar-refractivity contribution in [3.8, 4) is 11.1 Å². The van der Waals surface area contributed by atoms with E-state index in [9.17, 15) is 19.5 Å². The smallest absolute Gasteiger partial charge is 0.305 e. The van der Waals surface area contributed by atoms with Crippen LogP contribution in [0.5, 0.6) is 0 Å². The van der Waals surface area contributed by atoms with Gasteiger partial charge < -0.3 is 14.9 Å². The van der Waals surface area contributed by atoms with Gasteiger partial charge in [-0.2, -0.15) is 0 Å². The highest BCUT2D eigenvalue weighted by Crippen LogP contribution is 2.30. The quantitative estimate of drug-likeness (QED) is 0.298. The fraction of sp³-hybridized carbons (Fsp3) is 0.188. The zero-order valence-electron chi connectivity index (χ0n) is 22.1. The number of carbonyl (C=O) groups excluding carboxylic acids is 2. The van der Waals surface area contributed by atoms with Crippen molar-refractivity contribution in [2.75, 3.05) is 25.0 Å². The molecule has 0 atom stereocenters. The molecule has 7 nitrogen and oxygen atoms in total. The third-order valence-corrected chi connectivity index (χ3v) is 6.62. The van der Waals surface area contributed by atoms with E-state index in [1.54, 1.807) is 60.7 Å². The highest BCUT2D eigenvalue weighted by Gasteiger charge is 2.24. The summed E-state index contributed by atoms with van der Waals surface area (Å²) in [6, 6.07) is 26.0. The Morgan fingerprint density at radius 3 is 1.97 bits per heavy atom. The summed E-state index contributed by atoms with van der Waals surface area (Å²) in [6.45, 7) is 2.47. The Morgan fingerprint density at radius 1 is 0.769 bits per heavy atom. The minimum atomic E-state index is -0.967. The largest absolute Gasteiger partial charge is 0.481 e. The Kier molecular flexibility index (Phi) is 8.84. The van der Waals surface area contributed by atoms with Crippen LogP contribution in [-0.4, -0.2) is 52.9 Å². The average Bonchev–Trinajstić information content (AvgIpc) is 2.97. The van der Waals surface area contributed by atoms with Crippen LogP contribution in [-0.2, 0) is 11.2 Å². The molecule has 4 rings (SSSR count). The molecule has 3 aromatic carbocycles. The Hall–Kier alpha value is -4.78. The molecule has 1 aromatic heterocycles. The van der Waals surface area contributed by atoms with Crippen LogP contribution >= 0.6 is 0 Å². The van der Waals surface area contributed by atoms with E-state index < -0.39 is 5.97 Å². The summed E-state index contributed by atoms with van der Waals surface area (Å²) < 4.78 is 0. The standard InChI is InChI=1S/C32H31N3O4/c1-23-13-15-24(16-14-23)17-20-35(21-18-30(36)37)32(39)29-12-6-4-10-27(29)26-9-3-5-11-28(26)31(38)34(2)25-8-7-19-33-22-25/h3-16,19,22H,17-18,20-21H2,1-2H3,(H,36,37). The van der Waals surface area contributed by atoms with E-state index in [4.69, 9.17) is 0 Å². The first-order valence-corrected chi connectivity index (χ1v) is 12.8. The maximum atomic E-state index is 13.9. The van der Waals surface area contributed by atoms with Crippen LogP contribution in [0.25, 0.3) is 11.1 Å². The van der Waals surface area contributed by atoms with Crippen LogP contribution in [0.3, 0.4) is 0 Å². The highest BCUT2D eigenvalue weighted by atomic mass is 16.4. The van der Waals surface area contributed by atoms with Gasteiger partial charge in [0.15, 0.2) is 0 Å². The summed E-state index contributed by atoms with van der Waals surface area (Å²) in [6.07, 6.45) is 3.70. The Labute approximate surface area is 228 Å². The zero-order valence-corrected chi connectivity index (χ0v) is 22.1. The minimum Gasteiger partial charge on any atom is -0.481 e. The van der Waals surface area contributed by atoms with Gasteiger partial charge in [0.2, 0.25) is 0 Å². The van der Waals surface area contributed by atoms with Gasteiger partial charge in [0.25, 0.3) is 11.8 Å². The molecule has 4 aromatic rings. The van der Waals surface area contributed by atoms with E-state index in [0.29, 0.717) is 40.9 Å². The summed E-state index contributed by atoms with van der Waals surface area (Å²) in [5, 5.41) is 9.32. The number of aromatic nitrogens is 1. The first kappa shape index (κ1) is 27.3. The number of nitrogens with zero attached hydrogens (tertiary/aromatic N) is 3. The number of aliphatic carboxylic acids is 1. The van der Waals surface area contributed by atoms with Crippen molar-refractivity contribution in [1.82, 2.24) is 9.88 Å². The number of benzene rings is 3. The van der Waals surface area contributed by atoms with Gasteiger partial charge in [-0.25, -0.2) is 0 Å². The summed E-state index contributed by atoms with van der Waals surface area (Å²) in [7, 11) is 1.69. The van der Waals surface area contributed by atoms with E-state index in [1.807, 2.05) is 55.5 Å². The Balaban J connectivity index is 1.67. The molecule has 39 heavy (non-hydrogen) atoms. The lowest BCUT2D eigenvalue weighted by Gasteiger charge is -2.24. The van der Waals surface area contributed by atoms with Gasteiger partial charge in [-0.15, -0.1) is 0 Å². The van der Waals surface area contributed by atoms with Gasteiger partial charge in [0.1, 0.15) is 0 Å². The van der Waals surface area contributed by atoms with E-state index >= 15 is 0 Å². The lowest BCUT2D eigenvalue weighted by Crippen LogP contribution is -2.35. The lowest BCUT2D eigenvalue weighted by molar-refractivity contribution is -0.137. The van der Waals surface area contributed by atoms with Gasteiger partial charge in [-0.05, 0) is 54.3 Å². The van der Waals surface area contributed by atoms with E-state index in [-0.39, 0.29) is 24.8 Å². The number of carboxylic acids is 1. The van der Waals surface area contributed by atoms with Crippen molar-refractivity contribution in [2.24, 2.45) is 0 Å². The maximum absolute atomic E-state index is 13.9. The maximum Gasteiger partial charge on any atom is 0.305 e. The number of carboxylic acid groups (broad SMARTS) is 1. The van der Waals surface area contributed by atoms with Crippen molar-refractivity contribution in [1.29, 1.82) is 0 Å². The first-order valence-electron chi connectivity index (χ1n) is 12.8. The number of anilines is 1. The fourth-order valence-corrected chi connectivity index (χ4v) is 4.39. The molecule has 0 saturated heterocycles. The zero-order chi connectivity index (χ0) is 27.8. The number of rotatable bonds is 10. The van der Waals surface area contributed by atoms with Gasteiger partial charge in [0, 0.05) is 37.5 Å². The number of amides is 2. The van der Waals surface area contributed by atoms with Gasteiger partial charge >= 0.3 is 5.97 Å². The molecule has 0 bridgehead atoms. The molecule has 0 aliphatic carbocycles. The third-order valence-electron chi connectivity index (χ3n) is 6.62. The van der Waals surface area contributed by atoms with Crippen LogP contribution in [0.15, 0.2) is 97.3 Å². The van der Waals surface area contributed by atoms with Crippen LogP contribution in [0.2, 0.25) is 0 Å². The number of carbonyl (C=O) groups is 3. The van der Waals surface area contributed by atoms with E-state index in [0.717, 1.165) is 11.1 Å². The predicted octanol–water partition coefficient (Wildman–Crippen LogP) is 5.49. The second-order valence-corrected chi connectivity index (χ2v) is 9.34. The predicted molar refractivity (Wildman–Crippen MR) is 152 cm³/mol. The van der Waals surface area contributed by atoms with Gasteiger partial charge in [-0.1, -0.05) is 66.2 Å². The van der Waals surface area contributed by atoms with E-state index in [1.165, 1.54) is 4.90 Å². The molecule has 0 aliphatic heterocycles. The average molecular weight is 522 g/mol. The topological polar surface area (TPSA) is 90.8 Å². The van der Waals surface area contributed by atoms with E-state index in [2.05, 4.69) is 4.98 Å². The van der Waals surface area contributed by atoms with Crippen LogP contribution in [0.1, 0.15) is 38.3 Å². The van der Waals surface area contributed by atoms with Gasteiger partial charge in [-0.3, -0.25) is 19.4 Å². The molecule has 7 heteroatoms. The summed E-state index contributed by atoms with van der Waals surface area (Å²) in [4.78, 5) is 46.0. The molecule has 2 amide bonds. The molecule has 0 fully saturated rings. The summed E-state index contributed by atoms with van der Waals surface area (Å²) >= 11 is 0. The summed E-state index contributed by atoms with van der Waals surface area (Å²) in [5.74, 6) is -1.48. The second-order valence-electron chi connectivity index (χ2n) is 9.34. The molecule has 0 radical (unpaired) electrons. The Morgan fingerprint density at radius 2 is 1.38 bits per heavy atom. The molecule has 0 saturated carbocycles. The van der Waals surface area contributed by atoms with Crippen molar-refractivity contribution in [2.45, 2.75) is 19.8 Å². The third kappa shape index (κ3) is 6.76. The monoisotopic (exact) mass is 521 g/mol. The molecular weight excluding hydrogens is 490 g/mol. The SMILES string of the molecule is Cc1ccc(CCN(CCC(=O)O)C(=O)c2ccccc2-c2ccccc2C(=O)N(C)c2cccnc2)cc1. The van der Waals surface area contributed by atoms with Crippen LogP contribution in [0.4, 0.5) is 5.69 Å². The minimum absolute atomic E-state index is 0.0820. The second kappa shape index (κ2) is 12.6. The molecule has 198 valence electrons. The molecule has 0 unspecified atom stereocenters. The highest BCUT2D eigenvalue weighted by molar-refractivity contribution is 6.11. The number of hydrogen-bond donors (Lipinski definition) is 1. The van der Waals surface area contributed by atoms with Crippen molar-refractivity contribution in [3.05, 3.63) is 120 Å². The van der Waals surface area contributed by atoms with Crippen molar-refractivity contribution in [3.63, 3.8) is 0 Å². The molecule has 0 spiro atoms. The first-order chi connectivity index (χ1) is 18.8. The van der Waals surface area contributed by atoms with Crippen molar-refractivity contribution < 1.29 is 19.5 Å². The molecule has 0 aliphatic rings. The van der Waals surface area contributed by atoms with Gasteiger partial charge in [0.05, 0.1) is 18.3 Å². The Bertz CT molecular complexity index is 1450. The lowest BCUT2D eigenvalue weighted by atomic mass is 9.94. The van der Waals surface area contributed by atoms with Crippen LogP contribution < -0.4 is 4.90 Å². The number of aryl methyl sites for hydroxylation is 1. The molecule has 1 N–H and O–H groups in total. The summed E-state index contributed by atoms with van der Waals surface area (Å²) in [5.41, 5.74) is 4.96. The van der Waals surface area contributed by atoms with Crippen LogP contribution in [0, 0.1) is 6.92 Å². The molecular formula is C32H31N3O4. The number of pyridine rings is 1.